The summed E-state index contributed by atoms with van der Waals surface area (Å²) in [6.45, 7) is 9.96. The van der Waals surface area contributed by atoms with Crippen LogP contribution in [0, 0.1) is 10.8 Å². The molecule has 0 unspecified atom stereocenters. The van der Waals surface area contributed by atoms with Gasteiger partial charge in [0, 0.05) is 6.20 Å². The number of ether oxygens (including phenoxy) is 3. The van der Waals surface area contributed by atoms with E-state index < -0.39 is 34.6 Å². The van der Waals surface area contributed by atoms with Gasteiger partial charge in [0.1, 0.15) is 31.9 Å². The maximum Gasteiger partial charge on any atom is 0.351 e. The Balaban J connectivity index is 2.75. The molecule has 9 nitrogen and oxygen atoms in total. The molecule has 0 aliphatic rings. The number of hydrogen-bond acceptors (Lipinski definition) is 8. The zero-order valence-corrected chi connectivity index (χ0v) is 16.8. The standard InChI is InChI=1S/C18H29N3O6/c1-17(2,3)14(22)25-9-12(10-26-15(23)18(4,5)6)27-11-21-8-7-13(19)20-16(21)24/h7-8,12H,9-11H2,1-6H3,(H2,19,20,24). The zero-order valence-electron chi connectivity index (χ0n) is 16.8. The fraction of sp³-hybridized carbons (Fsp3) is 0.667. The van der Waals surface area contributed by atoms with Crippen LogP contribution in [0.25, 0.3) is 0 Å². The fourth-order valence-corrected chi connectivity index (χ4v) is 1.64. The van der Waals surface area contributed by atoms with Gasteiger partial charge in [-0.2, -0.15) is 4.98 Å². The second-order valence-electron chi connectivity index (χ2n) is 8.22. The molecule has 0 saturated carbocycles. The van der Waals surface area contributed by atoms with Crippen molar-refractivity contribution in [1.82, 2.24) is 9.55 Å². The lowest BCUT2D eigenvalue weighted by atomic mass is 9.97. The van der Waals surface area contributed by atoms with Crippen molar-refractivity contribution in [3.8, 4) is 0 Å². The average Bonchev–Trinajstić information content (AvgIpc) is 2.53. The summed E-state index contributed by atoms with van der Waals surface area (Å²) in [7, 11) is 0. The van der Waals surface area contributed by atoms with E-state index in [4.69, 9.17) is 19.9 Å². The van der Waals surface area contributed by atoms with Crippen LogP contribution in [0.1, 0.15) is 41.5 Å². The first-order valence-electron chi connectivity index (χ1n) is 8.59. The third-order valence-corrected chi connectivity index (χ3v) is 3.37. The van der Waals surface area contributed by atoms with Crippen LogP contribution in [0.3, 0.4) is 0 Å². The first kappa shape index (κ1) is 22.6. The first-order valence-corrected chi connectivity index (χ1v) is 8.59. The Morgan fingerprint density at radius 2 is 1.56 bits per heavy atom. The Morgan fingerprint density at radius 1 is 1.07 bits per heavy atom. The van der Waals surface area contributed by atoms with Crippen molar-refractivity contribution in [3.63, 3.8) is 0 Å². The largest absolute Gasteiger partial charge is 0.462 e. The van der Waals surface area contributed by atoms with Gasteiger partial charge in [-0.25, -0.2) is 4.79 Å². The van der Waals surface area contributed by atoms with Gasteiger partial charge in [-0.1, -0.05) is 0 Å². The number of hydrogen-bond donors (Lipinski definition) is 1. The van der Waals surface area contributed by atoms with Crippen molar-refractivity contribution in [2.45, 2.75) is 54.4 Å². The Labute approximate surface area is 158 Å². The predicted molar refractivity (Wildman–Crippen MR) is 98.6 cm³/mol. The lowest BCUT2D eigenvalue weighted by Crippen LogP contribution is -2.35. The molecule has 9 heteroatoms. The number of carbonyl (C=O) groups is 2. The molecular formula is C18H29N3O6. The van der Waals surface area contributed by atoms with E-state index in [9.17, 15) is 14.4 Å². The van der Waals surface area contributed by atoms with E-state index in [0.717, 1.165) is 0 Å². The lowest BCUT2D eigenvalue weighted by Gasteiger charge is -2.23. The van der Waals surface area contributed by atoms with Crippen LogP contribution < -0.4 is 11.4 Å². The third kappa shape index (κ3) is 7.78. The van der Waals surface area contributed by atoms with Crippen molar-refractivity contribution in [2.24, 2.45) is 10.8 Å². The van der Waals surface area contributed by atoms with E-state index in [1.807, 2.05) is 0 Å². The van der Waals surface area contributed by atoms with Crippen molar-refractivity contribution in [1.29, 1.82) is 0 Å². The van der Waals surface area contributed by atoms with Crippen LogP contribution in [-0.4, -0.2) is 40.8 Å². The number of nitrogens with two attached hydrogens (primary N) is 1. The SMILES string of the molecule is CC(C)(C)C(=O)OCC(COC(=O)C(C)(C)C)OCn1ccc(N)nc1=O. The summed E-state index contributed by atoms with van der Waals surface area (Å²) in [4.78, 5) is 39.3. The summed E-state index contributed by atoms with van der Waals surface area (Å²) in [6.07, 6.45) is 0.691. The number of esters is 2. The molecule has 0 aliphatic heterocycles. The number of rotatable bonds is 7. The van der Waals surface area contributed by atoms with Crippen molar-refractivity contribution in [2.75, 3.05) is 18.9 Å². The summed E-state index contributed by atoms with van der Waals surface area (Å²) in [5, 5.41) is 0. The molecule has 0 aromatic carbocycles. The molecular weight excluding hydrogens is 354 g/mol. The smallest absolute Gasteiger partial charge is 0.351 e. The maximum absolute atomic E-state index is 12.0. The average molecular weight is 383 g/mol. The molecule has 0 saturated heterocycles. The second-order valence-corrected chi connectivity index (χ2v) is 8.22. The van der Waals surface area contributed by atoms with Gasteiger partial charge in [0.15, 0.2) is 0 Å². The molecule has 27 heavy (non-hydrogen) atoms. The summed E-state index contributed by atoms with van der Waals surface area (Å²) in [5.74, 6) is -0.722. The molecule has 0 amide bonds. The van der Waals surface area contributed by atoms with Gasteiger partial charge < -0.3 is 19.9 Å². The van der Waals surface area contributed by atoms with Gasteiger partial charge in [0.05, 0.1) is 10.8 Å². The van der Waals surface area contributed by atoms with Crippen LogP contribution >= 0.6 is 0 Å². The minimum Gasteiger partial charge on any atom is -0.462 e. The summed E-state index contributed by atoms with van der Waals surface area (Å²) >= 11 is 0. The van der Waals surface area contributed by atoms with Crippen LogP contribution in [0.2, 0.25) is 0 Å². The third-order valence-electron chi connectivity index (χ3n) is 3.37. The molecule has 152 valence electrons. The Hall–Kier alpha value is -2.42. The highest BCUT2D eigenvalue weighted by Crippen LogP contribution is 2.17. The van der Waals surface area contributed by atoms with E-state index in [1.165, 1.54) is 16.8 Å². The Kier molecular flexibility index (Phi) is 7.53. The highest BCUT2D eigenvalue weighted by atomic mass is 16.6. The number of carbonyl (C=O) groups excluding carboxylic acids is 2. The number of anilines is 1. The van der Waals surface area contributed by atoms with Gasteiger partial charge in [-0.15, -0.1) is 0 Å². The van der Waals surface area contributed by atoms with Crippen LogP contribution in [0.4, 0.5) is 5.82 Å². The molecule has 0 atom stereocenters. The lowest BCUT2D eigenvalue weighted by molar-refractivity contribution is -0.167. The second kappa shape index (κ2) is 8.98. The summed E-state index contributed by atoms with van der Waals surface area (Å²) < 4.78 is 17.3. The quantitative estimate of drug-likeness (QED) is 0.700. The van der Waals surface area contributed by atoms with Crippen molar-refractivity contribution < 1.29 is 23.8 Å². The van der Waals surface area contributed by atoms with Crippen LogP contribution in [-0.2, 0) is 30.5 Å². The van der Waals surface area contributed by atoms with Gasteiger partial charge in [-0.05, 0) is 47.6 Å². The Morgan fingerprint density at radius 3 is 1.96 bits per heavy atom. The first-order chi connectivity index (χ1) is 12.3. The molecule has 1 aromatic rings. The molecule has 0 fully saturated rings. The van der Waals surface area contributed by atoms with Crippen molar-refractivity contribution >= 4 is 17.8 Å². The van der Waals surface area contributed by atoms with Crippen LogP contribution in [0.5, 0.6) is 0 Å². The zero-order chi connectivity index (χ0) is 20.8. The van der Waals surface area contributed by atoms with Gasteiger partial charge >= 0.3 is 17.6 Å². The van der Waals surface area contributed by atoms with Crippen LogP contribution in [0.15, 0.2) is 17.1 Å². The van der Waals surface area contributed by atoms with E-state index in [0.29, 0.717) is 0 Å². The molecule has 2 N–H and O–H groups in total. The molecule has 0 bridgehead atoms. The van der Waals surface area contributed by atoms with Gasteiger partial charge in [0.25, 0.3) is 0 Å². The molecule has 0 aliphatic carbocycles. The maximum atomic E-state index is 12.0. The van der Waals surface area contributed by atoms with E-state index in [1.54, 1.807) is 41.5 Å². The Bertz CT molecular complexity index is 685. The summed E-state index contributed by atoms with van der Waals surface area (Å²) in [5.41, 5.74) is 3.52. The summed E-state index contributed by atoms with van der Waals surface area (Å²) in [6, 6.07) is 1.46. The van der Waals surface area contributed by atoms with E-state index in [-0.39, 0.29) is 25.8 Å². The minimum absolute atomic E-state index is 0.103. The molecule has 0 spiro atoms. The monoisotopic (exact) mass is 383 g/mol. The minimum atomic E-state index is -0.743. The topological polar surface area (TPSA) is 123 Å². The number of aromatic nitrogens is 2. The molecule has 1 aromatic heterocycles. The van der Waals surface area contributed by atoms with Crippen molar-refractivity contribution in [3.05, 3.63) is 22.7 Å². The predicted octanol–water partition coefficient (Wildman–Crippen LogP) is 1.35. The fourth-order valence-electron chi connectivity index (χ4n) is 1.64. The molecule has 1 rings (SSSR count). The highest BCUT2D eigenvalue weighted by Gasteiger charge is 2.27. The molecule has 1 heterocycles. The van der Waals surface area contributed by atoms with E-state index in [2.05, 4.69) is 4.98 Å². The van der Waals surface area contributed by atoms with E-state index >= 15 is 0 Å². The highest BCUT2D eigenvalue weighted by molar-refractivity contribution is 5.75. The van der Waals surface area contributed by atoms with Gasteiger partial charge in [-0.3, -0.25) is 14.2 Å². The normalized spacial score (nSPS) is 12.1. The number of nitrogens with zero attached hydrogens (tertiary/aromatic N) is 2. The number of nitrogen functional groups attached to an aromatic ring is 1. The molecule has 0 radical (unpaired) electrons. The van der Waals surface area contributed by atoms with Gasteiger partial charge in [0.2, 0.25) is 0 Å².